The van der Waals surface area contributed by atoms with E-state index in [1.165, 1.54) is 15.5 Å². The molecule has 0 amide bonds. The molecule has 57 heavy (non-hydrogen) atoms. The van der Waals surface area contributed by atoms with E-state index in [-0.39, 0.29) is 0 Å². The largest absolute Gasteiger partial charge is 0.278 e. The third-order valence-corrected chi connectivity index (χ3v) is 12.5. The van der Waals surface area contributed by atoms with E-state index < -0.39 is 5.41 Å². The molecule has 0 spiro atoms. The molecule has 0 saturated carbocycles. The van der Waals surface area contributed by atoms with Crippen LogP contribution in [0.25, 0.3) is 70.7 Å². The molecule has 0 bridgehead atoms. The van der Waals surface area contributed by atoms with Gasteiger partial charge in [0, 0.05) is 42.1 Å². The highest BCUT2D eigenvalue weighted by Gasteiger charge is 2.40. The lowest BCUT2D eigenvalue weighted by molar-refractivity contribution is 0.745. The van der Waals surface area contributed by atoms with Crippen molar-refractivity contribution in [2.45, 2.75) is 5.41 Å². The third kappa shape index (κ3) is 5.24. The van der Waals surface area contributed by atoms with Gasteiger partial charge in [0.2, 0.25) is 5.95 Å². The van der Waals surface area contributed by atoms with Crippen LogP contribution >= 0.6 is 11.3 Å². The van der Waals surface area contributed by atoms with Gasteiger partial charge in [0.1, 0.15) is 0 Å². The molecular formula is C52H34N4S. The van der Waals surface area contributed by atoms with Crippen LogP contribution in [0.4, 0.5) is 0 Å². The van der Waals surface area contributed by atoms with Gasteiger partial charge in [0.05, 0.1) is 16.4 Å². The van der Waals surface area contributed by atoms with Gasteiger partial charge in [-0.1, -0.05) is 182 Å². The summed E-state index contributed by atoms with van der Waals surface area (Å²) in [4.78, 5) is 16.4. The molecule has 11 aromatic rings. The van der Waals surface area contributed by atoms with Crippen LogP contribution in [0.2, 0.25) is 0 Å². The maximum absolute atomic E-state index is 5.49. The maximum Gasteiger partial charge on any atom is 0.238 e. The van der Waals surface area contributed by atoms with Crippen LogP contribution in [0, 0.1) is 0 Å². The molecule has 3 aromatic heterocycles. The molecular weight excluding hydrogens is 713 g/mol. The van der Waals surface area contributed by atoms with Gasteiger partial charge in [0.15, 0.2) is 11.6 Å². The average Bonchev–Trinajstić information content (AvgIpc) is 3.84. The van der Waals surface area contributed by atoms with Crippen molar-refractivity contribution in [3.63, 3.8) is 0 Å². The van der Waals surface area contributed by atoms with Crippen molar-refractivity contribution < 1.29 is 0 Å². The number of para-hydroxylation sites is 2. The number of fused-ring (bicyclic) bond motifs is 6. The second-order valence-electron chi connectivity index (χ2n) is 14.3. The van der Waals surface area contributed by atoms with Crippen molar-refractivity contribution in [2.24, 2.45) is 0 Å². The number of nitrogens with zero attached hydrogens (tertiary/aromatic N) is 4. The first kappa shape index (κ1) is 33.2. The predicted octanol–water partition coefficient (Wildman–Crippen LogP) is 13.1. The Kier molecular flexibility index (Phi) is 7.86. The van der Waals surface area contributed by atoms with Crippen LogP contribution in [0.3, 0.4) is 0 Å². The number of rotatable bonds is 7. The minimum absolute atomic E-state index is 0.574. The topological polar surface area (TPSA) is 43.6 Å². The quantitative estimate of drug-likeness (QED) is 0.153. The lowest BCUT2D eigenvalue weighted by atomic mass is 9.64. The minimum atomic E-state index is -0.703. The van der Waals surface area contributed by atoms with Crippen LogP contribution in [0.1, 0.15) is 22.3 Å². The molecule has 11 rings (SSSR count). The summed E-state index contributed by atoms with van der Waals surface area (Å²) < 4.78 is 4.59. The molecule has 0 aliphatic rings. The zero-order valence-electron chi connectivity index (χ0n) is 30.8. The first-order valence-corrected chi connectivity index (χ1v) is 20.0. The Morgan fingerprint density at radius 3 is 1.44 bits per heavy atom. The molecule has 5 heteroatoms. The molecule has 0 fully saturated rings. The van der Waals surface area contributed by atoms with Gasteiger partial charge in [-0.3, -0.25) is 4.57 Å². The first-order chi connectivity index (χ1) is 28.3. The van der Waals surface area contributed by atoms with Crippen molar-refractivity contribution >= 4 is 53.3 Å². The van der Waals surface area contributed by atoms with Crippen LogP contribution in [0.15, 0.2) is 206 Å². The van der Waals surface area contributed by atoms with E-state index in [4.69, 9.17) is 15.0 Å². The highest BCUT2D eigenvalue weighted by molar-refractivity contribution is 7.26. The Labute approximate surface area is 334 Å². The zero-order chi connectivity index (χ0) is 37.8. The van der Waals surface area contributed by atoms with Crippen molar-refractivity contribution in [1.29, 1.82) is 0 Å². The van der Waals surface area contributed by atoms with Gasteiger partial charge < -0.3 is 0 Å². The molecule has 0 N–H and O–H groups in total. The summed E-state index contributed by atoms with van der Waals surface area (Å²) >= 11 is 1.79. The second-order valence-corrected chi connectivity index (χ2v) is 15.4. The van der Waals surface area contributed by atoms with Gasteiger partial charge in [-0.05, 0) is 46.5 Å². The number of aromatic nitrogens is 4. The van der Waals surface area contributed by atoms with Gasteiger partial charge in [-0.25, -0.2) is 4.98 Å². The van der Waals surface area contributed by atoms with Crippen LogP contribution in [-0.4, -0.2) is 19.5 Å². The fourth-order valence-electron chi connectivity index (χ4n) is 8.80. The van der Waals surface area contributed by atoms with Crippen LogP contribution < -0.4 is 0 Å². The van der Waals surface area contributed by atoms with Gasteiger partial charge >= 0.3 is 0 Å². The van der Waals surface area contributed by atoms with E-state index in [1.54, 1.807) is 11.3 Å². The smallest absolute Gasteiger partial charge is 0.238 e. The summed E-state index contributed by atoms with van der Waals surface area (Å²) in [5.41, 5.74) is 7.85. The van der Waals surface area contributed by atoms with E-state index >= 15 is 0 Å². The number of thiophene rings is 1. The monoisotopic (exact) mass is 746 g/mol. The summed E-state index contributed by atoms with van der Waals surface area (Å²) in [6, 6.07) is 73.2. The molecule has 4 nitrogen and oxygen atoms in total. The lowest BCUT2D eigenvalue weighted by Gasteiger charge is -2.38. The van der Waals surface area contributed by atoms with Crippen molar-refractivity contribution in [3.8, 4) is 28.7 Å². The first-order valence-electron chi connectivity index (χ1n) is 19.2. The zero-order valence-corrected chi connectivity index (χ0v) is 31.6. The fourth-order valence-corrected chi connectivity index (χ4v) is 10.0. The van der Waals surface area contributed by atoms with Gasteiger partial charge in [0.25, 0.3) is 0 Å². The molecule has 268 valence electrons. The Balaban J connectivity index is 1.26. The van der Waals surface area contributed by atoms with E-state index in [9.17, 15) is 0 Å². The normalized spacial score (nSPS) is 11.9. The van der Waals surface area contributed by atoms with Crippen LogP contribution in [0.5, 0.6) is 0 Å². The van der Waals surface area contributed by atoms with Gasteiger partial charge in [-0.2, -0.15) is 9.97 Å². The lowest BCUT2D eigenvalue weighted by Crippen LogP contribution is -2.31. The molecule has 0 unspecified atom stereocenters. The fraction of sp³-hybridized carbons (Fsp3) is 0.0192. The Hall–Kier alpha value is -7.21. The second kappa shape index (κ2) is 13.5. The van der Waals surface area contributed by atoms with E-state index in [0.29, 0.717) is 17.6 Å². The molecule has 0 aliphatic heterocycles. The maximum atomic E-state index is 5.49. The van der Waals surface area contributed by atoms with Crippen molar-refractivity contribution in [3.05, 3.63) is 229 Å². The Bertz CT molecular complexity index is 3090. The molecule has 0 radical (unpaired) electrons. The van der Waals surface area contributed by atoms with E-state index in [1.807, 2.05) is 0 Å². The molecule has 0 saturated heterocycles. The van der Waals surface area contributed by atoms with Crippen molar-refractivity contribution in [1.82, 2.24) is 19.5 Å². The van der Waals surface area contributed by atoms with Gasteiger partial charge in [-0.15, -0.1) is 11.3 Å². The average molecular weight is 747 g/mol. The molecule has 0 atom stereocenters. The number of hydrogen-bond acceptors (Lipinski definition) is 4. The Morgan fingerprint density at radius 1 is 0.368 bits per heavy atom. The summed E-state index contributed by atoms with van der Waals surface area (Å²) in [7, 11) is 0. The SMILES string of the molecule is c1ccc(C(c2ccccc2)(c2ccccc2)c2ccccc2-c2nc(-c3cccc4c3sc3ccccc34)nc(-n3c4ccccc4c4ccccc43)n2)cc1. The number of benzene rings is 8. The van der Waals surface area contributed by atoms with Crippen LogP contribution in [-0.2, 0) is 5.41 Å². The summed E-state index contributed by atoms with van der Waals surface area (Å²) in [5, 5.41) is 4.74. The third-order valence-electron chi connectivity index (χ3n) is 11.2. The Morgan fingerprint density at radius 2 is 0.825 bits per heavy atom. The van der Waals surface area contributed by atoms with E-state index in [0.717, 1.165) is 59.9 Å². The van der Waals surface area contributed by atoms with E-state index in [2.05, 4.69) is 211 Å². The standard InChI is InChI=1S/C52H34N4S/c1-4-19-35(20-5-1)52(36-21-6-2-7-22-36,37-23-8-3-9-24-37)44-31-14-10-28-42(44)49-53-50(43-30-18-29-41-40-27-13-17-34-47(40)57-48(41)43)55-51(54-49)56-45-32-15-11-25-38(45)39-26-12-16-33-46(39)56/h1-34H. The summed E-state index contributed by atoms with van der Waals surface area (Å²) in [6.07, 6.45) is 0. The van der Waals surface area contributed by atoms with Crippen molar-refractivity contribution in [2.75, 3.05) is 0 Å². The number of hydrogen-bond donors (Lipinski definition) is 0. The summed E-state index contributed by atoms with van der Waals surface area (Å²) in [5.74, 6) is 1.82. The minimum Gasteiger partial charge on any atom is -0.278 e. The summed E-state index contributed by atoms with van der Waals surface area (Å²) in [6.45, 7) is 0. The molecule has 8 aromatic carbocycles. The highest BCUT2D eigenvalue weighted by Crippen LogP contribution is 2.48. The molecule has 3 heterocycles. The molecule has 0 aliphatic carbocycles. The highest BCUT2D eigenvalue weighted by atomic mass is 32.1. The predicted molar refractivity (Wildman–Crippen MR) is 236 cm³/mol.